The van der Waals surface area contributed by atoms with Crippen LogP contribution in [0.3, 0.4) is 0 Å². The van der Waals surface area contributed by atoms with E-state index in [0.29, 0.717) is 0 Å². The fraction of sp³-hybridized carbons (Fsp3) is 0.500. The maximum Gasteiger partial charge on any atom is 0.259 e. The molecule has 3 nitrogen and oxygen atoms in total. The minimum atomic E-state index is -0.846. The highest BCUT2D eigenvalue weighted by Gasteiger charge is 2.28. The van der Waals surface area contributed by atoms with Gasteiger partial charge in [-0.2, -0.15) is 0 Å². The Balaban J connectivity index is 2.19. The van der Waals surface area contributed by atoms with E-state index in [-0.39, 0.29) is 16.6 Å². The molecule has 0 bridgehead atoms. The van der Waals surface area contributed by atoms with E-state index in [0.717, 1.165) is 37.8 Å². The Labute approximate surface area is 125 Å². The lowest BCUT2D eigenvalue weighted by molar-refractivity contribution is 0.0680. The standard InChI is InChI=1S/C14H17BrF2N2O/c1-19(10-4-2-9(18)3-5-10)14(20)13-11(16)6-8(15)7-12(13)17/h6-7,9-10H,2-5,18H2,1H3. The predicted molar refractivity (Wildman–Crippen MR) is 76.4 cm³/mol. The highest BCUT2D eigenvalue weighted by atomic mass is 79.9. The molecule has 2 N–H and O–H groups in total. The summed E-state index contributed by atoms with van der Waals surface area (Å²) in [4.78, 5) is 13.7. The Morgan fingerprint density at radius 1 is 1.25 bits per heavy atom. The Morgan fingerprint density at radius 3 is 2.25 bits per heavy atom. The number of amides is 1. The number of benzene rings is 1. The lowest BCUT2D eigenvalue weighted by atomic mass is 9.90. The van der Waals surface area contributed by atoms with Crippen LogP contribution in [0.15, 0.2) is 16.6 Å². The number of nitrogens with two attached hydrogens (primary N) is 1. The molecular weight excluding hydrogens is 330 g/mol. The van der Waals surface area contributed by atoms with Crippen molar-refractivity contribution in [2.24, 2.45) is 5.73 Å². The summed E-state index contributed by atoms with van der Waals surface area (Å²) in [5.74, 6) is -2.31. The van der Waals surface area contributed by atoms with Crippen LogP contribution in [0.1, 0.15) is 36.0 Å². The van der Waals surface area contributed by atoms with E-state index >= 15 is 0 Å². The van der Waals surface area contributed by atoms with Crippen LogP contribution >= 0.6 is 15.9 Å². The van der Waals surface area contributed by atoms with Crippen LogP contribution in [0.4, 0.5) is 8.78 Å². The van der Waals surface area contributed by atoms with Crippen molar-refractivity contribution in [2.75, 3.05) is 7.05 Å². The van der Waals surface area contributed by atoms with E-state index in [4.69, 9.17) is 5.73 Å². The van der Waals surface area contributed by atoms with E-state index in [1.807, 2.05) is 0 Å². The molecule has 110 valence electrons. The third-order valence-electron chi connectivity index (χ3n) is 3.83. The average molecular weight is 347 g/mol. The van der Waals surface area contributed by atoms with Crippen molar-refractivity contribution >= 4 is 21.8 Å². The predicted octanol–water partition coefficient (Wildman–Crippen LogP) is 3.07. The monoisotopic (exact) mass is 346 g/mol. The van der Waals surface area contributed by atoms with Crippen LogP contribution in [0.2, 0.25) is 0 Å². The van der Waals surface area contributed by atoms with Crippen LogP contribution < -0.4 is 5.73 Å². The molecule has 0 spiro atoms. The maximum atomic E-state index is 13.8. The number of carbonyl (C=O) groups is 1. The molecule has 2 rings (SSSR count). The first kappa shape index (κ1) is 15.4. The summed E-state index contributed by atoms with van der Waals surface area (Å²) < 4.78 is 27.9. The van der Waals surface area contributed by atoms with E-state index in [1.165, 1.54) is 4.90 Å². The van der Waals surface area contributed by atoms with Crippen molar-refractivity contribution in [2.45, 2.75) is 37.8 Å². The Bertz CT molecular complexity index is 493. The van der Waals surface area contributed by atoms with Gasteiger partial charge in [-0.15, -0.1) is 0 Å². The average Bonchev–Trinajstić information content (AvgIpc) is 2.37. The van der Waals surface area contributed by atoms with Crippen molar-refractivity contribution < 1.29 is 13.6 Å². The van der Waals surface area contributed by atoms with Gasteiger partial charge in [0.25, 0.3) is 5.91 Å². The molecule has 1 saturated carbocycles. The van der Waals surface area contributed by atoms with Gasteiger partial charge in [0, 0.05) is 23.6 Å². The zero-order valence-electron chi connectivity index (χ0n) is 11.2. The molecule has 1 aliphatic carbocycles. The summed E-state index contributed by atoms with van der Waals surface area (Å²) in [6.45, 7) is 0. The van der Waals surface area contributed by atoms with Gasteiger partial charge >= 0.3 is 0 Å². The van der Waals surface area contributed by atoms with Crippen LogP contribution in [0, 0.1) is 11.6 Å². The molecule has 0 heterocycles. The first-order chi connectivity index (χ1) is 9.40. The summed E-state index contributed by atoms with van der Waals surface area (Å²) in [7, 11) is 1.59. The second-order valence-corrected chi connectivity index (χ2v) is 6.14. The van der Waals surface area contributed by atoms with Gasteiger partial charge in [-0.05, 0) is 37.8 Å². The summed E-state index contributed by atoms with van der Waals surface area (Å²) in [6, 6.07) is 2.35. The first-order valence-corrected chi connectivity index (χ1v) is 7.36. The van der Waals surface area contributed by atoms with Gasteiger partial charge in [0.15, 0.2) is 0 Å². The number of halogens is 3. The second-order valence-electron chi connectivity index (χ2n) is 5.23. The fourth-order valence-corrected chi connectivity index (χ4v) is 2.98. The summed E-state index contributed by atoms with van der Waals surface area (Å²) >= 11 is 3.00. The highest BCUT2D eigenvalue weighted by Crippen LogP contribution is 2.25. The minimum Gasteiger partial charge on any atom is -0.339 e. The molecule has 1 fully saturated rings. The lowest BCUT2D eigenvalue weighted by Gasteiger charge is -2.33. The SMILES string of the molecule is CN(C(=O)c1c(F)cc(Br)cc1F)C1CCC(N)CC1. The van der Waals surface area contributed by atoms with Gasteiger partial charge in [0.2, 0.25) is 0 Å². The van der Waals surface area contributed by atoms with Gasteiger partial charge in [-0.1, -0.05) is 15.9 Å². The molecule has 0 atom stereocenters. The van der Waals surface area contributed by atoms with Gasteiger partial charge < -0.3 is 10.6 Å². The van der Waals surface area contributed by atoms with Crippen molar-refractivity contribution in [1.82, 2.24) is 4.90 Å². The fourth-order valence-electron chi connectivity index (χ4n) is 2.58. The Hall–Kier alpha value is -1.01. The van der Waals surface area contributed by atoms with Gasteiger partial charge in [-0.25, -0.2) is 8.78 Å². The van der Waals surface area contributed by atoms with E-state index < -0.39 is 23.1 Å². The molecule has 1 aliphatic rings. The molecule has 20 heavy (non-hydrogen) atoms. The summed E-state index contributed by atoms with van der Waals surface area (Å²) in [5, 5.41) is 0. The van der Waals surface area contributed by atoms with Crippen molar-refractivity contribution in [3.8, 4) is 0 Å². The molecule has 1 aromatic carbocycles. The molecule has 0 aromatic heterocycles. The summed E-state index contributed by atoms with van der Waals surface area (Å²) in [6.07, 6.45) is 3.19. The normalized spacial score (nSPS) is 22.6. The van der Waals surface area contributed by atoms with E-state index in [9.17, 15) is 13.6 Å². The highest BCUT2D eigenvalue weighted by molar-refractivity contribution is 9.10. The minimum absolute atomic E-state index is 0.00949. The van der Waals surface area contributed by atoms with Crippen LogP contribution in [0.25, 0.3) is 0 Å². The van der Waals surface area contributed by atoms with Crippen LogP contribution in [-0.2, 0) is 0 Å². The van der Waals surface area contributed by atoms with Gasteiger partial charge in [0.05, 0.1) is 0 Å². The molecule has 1 aromatic rings. The number of hydrogen-bond donors (Lipinski definition) is 1. The molecule has 6 heteroatoms. The largest absolute Gasteiger partial charge is 0.339 e. The third-order valence-corrected chi connectivity index (χ3v) is 4.29. The quantitative estimate of drug-likeness (QED) is 0.894. The molecule has 0 unspecified atom stereocenters. The summed E-state index contributed by atoms with van der Waals surface area (Å²) in [5.41, 5.74) is 5.33. The molecule has 0 radical (unpaired) electrons. The number of rotatable bonds is 2. The Morgan fingerprint density at radius 2 is 1.75 bits per heavy atom. The lowest BCUT2D eigenvalue weighted by Crippen LogP contribution is -2.42. The number of nitrogens with zero attached hydrogens (tertiary/aromatic N) is 1. The first-order valence-electron chi connectivity index (χ1n) is 6.57. The van der Waals surface area contributed by atoms with Crippen molar-refractivity contribution in [3.05, 3.63) is 33.8 Å². The van der Waals surface area contributed by atoms with Gasteiger partial charge in [-0.3, -0.25) is 4.79 Å². The van der Waals surface area contributed by atoms with Crippen LogP contribution in [-0.4, -0.2) is 29.9 Å². The molecule has 0 aliphatic heterocycles. The van der Waals surface area contributed by atoms with Crippen LogP contribution in [0.5, 0.6) is 0 Å². The topological polar surface area (TPSA) is 46.3 Å². The number of hydrogen-bond acceptors (Lipinski definition) is 2. The molecule has 0 saturated heterocycles. The van der Waals surface area contributed by atoms with E-state index in [1.54, 1.807) is 7.05 Å². The zero-order valence-corrected chi connectivity index (χ0v) is 12.8. The third kappa shape index (κ3) is 3.17. The van der Waals surface area contributed by atoms with Crippen molar-refractivity contribution in [1.29, 1.82) is 0 Å². The maximum absolute atomic E-state index is 13.8. The zero-order chi connectivity index (χ0) is 14.9. The molecular formula is C14H17BrF2N2O. The second kappa shape index (κ2) is 6.18. The van der Waals surface area contributed by atoms with Crippen molar-refractivity contribution in [3.63, 3.8) is 0 Å². The molecule has 1 amide bonds. The smallest absolute Gasteiger partial charge is 0.259 e. The van der Waals surface area contributed by atoms with E-state index in [2.05, 4.69) is 15.9 Å². The number of carbonyl (C=O) groups excluding carboxylic acids is 1. The van der Waals surface area contributed by atoms with Gasteiger partial charge in [0.1, 0.15) is 17.2 Å². The Kier molecular flexibility index (Phi) is 4.75.